The van der Waals surface area contributed by atoms with E-state index in [0.29, 0.717) is 0 Å². The summed E-state index contributed by atoms with van der Waals surface area (Å²) < 4.78 is 0. The highest BCUT2D eigenvalue weighted by Crippen LogP contribution is 2.51. The lowest BCUT2D eigenvalue weighted by Gasteiger charge is -2.31. The molecule has 4 heterocycles. The summed E-state index contributed by atoms with van der Waals surface area (Å²) in [6.45, 7) is 9.26. The van der Waals surface area contributed by atoms with E-state index in [2.05, 4.69) is 171 Å². The van der Waals surface area contributed by atoms with Gasteiger partial charge in [0.15, 0.2) is 0 Å². The van der Waals surface area contributed by atoms with Crippen molar-refractivity contribution in [2.45, 2.75) is 39.5 Å². The summed E-state index contributed by atoms with van der Waals surface area (Å²) in [5.41, 5.74) is 12.8. The third-order valence-electron chi connectivity index (χ3n) is 13.0. The molecule has 0 N–H and O–H groups in total. The van der Waals surface area contributed by atoms with Crippen LogP contribution in [-0.2, 0) is 0 Å². The smallest absolute Gasteiger partial charge is 0.0722 e. The van der Waals surface area contributed by atoms with Gasteiger partial charge in [0, 0.05) is 79.9 Å². The van der Waals surface area contributed by atoms with Crippen LogP contribution in [0, 0.1) is 0 Å². The van der Waals surface area contributed by atoms with Crippen LogP contribution in [0.25, 0.3) is 75.9 Å². The van der Waals surface area contributed by atoms with Crippen LogP contribution in [0.3, 0.4) is 0 Å². The molecule has 4 aromatic heterocycles. The van der Waals surface area contributed by atoms with Crippen LogP contribution in [0.2, 0.25) is 0 Å². The van der Waals surface area contributed by atoms with Crippen molar-refractivity contribution in [1.29, 1.82) is 0 Å². The number of pyridine rings is 4. The molecule has 6 nitrogen and oxygen atoms in total. The molecular weight excluding hydrogens is 781 g/mol. The van der Waals surface area contributed by atoms with E-state index in [0.717, 1.165) is 77.7 Å². The topological polar surface area (TPSA) is 58.0 Å². The minimum absolute atomic E-state index is 0.248. The van der Waals surface area contributed by atoms with Crippen LogP contribution in [0.4, 0.5) is 34.1 Å². The minimum Gasteiger partial charge on any atom is -0.310 e. The van der Waals surface area contributed by atoms with Gasteiger partial charge in [0.1, 0.15) is 0 Å². The molecule has 0 aliphatic heterocycles. The third-order valence-corrected chi connectivity index (χ3v) is 13.0. The Morgan fingerprint density at radius 3 is 0.922 bits per heavy atom. The maximum absolute atomic E-state index is 4.82. The van der Waals surface area contributed by atoms with Crippen LogP contribution in [0.1, 0.15) is 50.7 Å². The van der Waals surface area contributed by atoms with Crippen LogP contribution in [0.15, 0.2) is 183 Å². The van der Waals surface area contributed by atoms with Gasteiger partial charge in [-0.05, 0) is 129 Å². The molecule has 0 amide bonds. The van der Waals surface area contributed by atoms with E-state index in [-0.39, 0.29) is 11.8 Å². The summed E-state index contributed by atoms with van der Waals surface area (Å²) in [6.07, 6.45) is 7.50. The van der Waals surface area contributed by atoms with Gasteiger partial charge < -0.3 is 9.80 Å². The maximum Gasteiger partial charge on any atom is 0.0722 e. The molecule has 306 valence electrons. The fourth-order valence-electron chi connectivity index (χ4n) is 9.96. The van der Waals surface area contributed by atoms with Gasteiger partial charge in [-0.2, -0.15) is 0 Å². The molecule has 8 aromatic carbocycles. The zero-order chi connectivity index (χ0) is 43.1. The Morgan fingerprint density at radius 2 is 0.625 bits per heavy atom. The third kappa shape index (κ3) is 6.09. The monoisotopic (exact) mass is 824 g/mol. The Kier molecular flexibility index (Phi) is 8.76. The largest absolute Gasteiger partial charge is 0.310 e. The number of rotatable bonds is 8. The lowest BCUT2D eigenvalue weighted by molar-refractivity contribution is 0.875. The molecule has 0 aliphatic rings. The zero-order valence-corrected chi connectivity index (χ0v) is 36.2. The van der Waals surface area contributed by atoms with Crippen molar-refractivity contribution in [1.82, 2.24) is 19.9 Å². The first-order chi connectivity index (χ1) is 31.4. The molecule has 0 unspecified atom stereocenters. The molecule has 0 radical (unpaired) electrons. The van der Waals surface area contributed by atoms with Crippen molar-refractivity contribution >= 4 is 110 Å². The fourth-order valence-corrected chi connectivity index (χ4v) is 9.96. The second kappa shape index (κ2) is 14.8. The Balaban J connectivity index is 1.19. The summed E-state index contributed by atoms with van der Waals surface area (Å²) in [5, 5.41) is 11.9. The number of anilines is 6. The number of hydrogen-bond donors (Lipinski definition) is 0. The standard InChI is InChI=1S/C58H44N6/c1-35(2)49-33-55(63(41-17-13-37-9-5-25-59-51(37)29-41)42-18-14-38-10-6-26-60-52(38)30-42)47-24-22-46-50(36(3)4)34-56(48-23-21-45(49)57(47)58(46)48)64(43-19-15-39-11-7-27-61-53(39)31-43)44-20-16-40-12-8-28-62-54(40)32-44/h5-36H,1-4H3. The molecular formula is C58H44N6. The van der Waals surface area contributed by atoms with Crippen molar-refractivity contribution in [3.8, 4) is 0 Å². The Morgan fingerprint density at radius 1 is 0.328 bits per heavy atom. The van der Waals surface area contributed by atoms with E-state index in [1.54, 1.807) is 0 Å². The van der Waals surface area contributed by atoms with Gasteiger partial charge in [0.25, 0.3) is 0 Å². The van der Waals surface area contributed by atoms with E-state index in [4.69, 9.17) is 19.9 Å². The summed E-state index contributed by atoms with van der Waals surface area (Å²) in [7, 11) is 0. The van der Waals surface area contributed by atoms with Crippen molar-refractivity contribution in [2.24, 2.45) is 0 Å². The number of nitrogens with zero attached hydrogens (tertiary/aromatic N) is 6. The molecule has 0 saturated carbocycles. The van der Waals surface area contributed by atoms with Gasteiger partial charge in [-0.15, -0.1) is 0 Å². The quantitative estimate of drug-likeness (QED) is 0.142. The summed E-state index contributed by atoms with van der Waals surface area (Å²) >= 11 is 0. The molecule has 12 rings (SSSR count). The fraction of sp³-hybridized carbons (Fsp3) is 0.103. The van der Waals surface area contributed by atoms with E-state index in [1.807, 2.05) is 49.1 Å². The number of aromatic nitrogens is 4. The molecule has 6 heteroatoms. The summed E-state index contributed by atoms with van der Waals surface area (Å²) in [5.74, 6) is 0.495. The van der Waals surface area contributed by atoms with Gasteiger partial charge in [0.2, 0.25) is 0 Å². The van der Waals surface area contributed by atoms with Crippen LogP contribution >= 0.6 is 0 Å². The number of fused-ring (bicyclic) bond motifs is 4. The normalized spacial score (nSPS) is 12.0. The Labute approximate surface area is 371 Å². The predicted octanol–water partition coefficient (Wildman–Crippen LogP) is 16.0. The second-order valence-corrected chi connectivity index (χ2v) is 17.5. The van der Waals surface area contributed by atoms with Gasteiger partial charge in [-0.25, -0.2) is 0 Å². The minimum atomic E-state index is 0.248. The van der Waals surface area contributed by atoms with Crippen LogP contribution in [0.5, 0.6) is 0 Å². The van der Waals surface area contributed by atoms with Gasteiger partial charge in [0.05, 0.1) is 33.4 Å². The van der Waals surface area contributed by atoms with Crippen LogP contribution in [-0.4, -0.2) is 19.9 Å². The van der Waals surface area contributed by atoms with E-state index in [9.17, 15) is 0 Å². The molecule has 0 aliphatic carbocycles. The SMILES string of the molecule is CC(C)c1cc(N(c2ccc3cccnc3c2)c2ccc3cccnc3c2)c2ccc3c(C(C)C)cc(N(c4ccc5cccnc5c4)c4ccc5cccnc5c4)c4ccc1c2c34. The molecule has 0 spiro atoms. The van der Waals surface area contributed by atoms with Crippen LogP contribution < -0.4 is 9.80 Å². The first-order valence-electron chi connectivity index (χ1n) is 22.2. The first kappa shape index (κ1) is 37.8. The van der Waals surface area contributed by atoms with Crippen molar-refractivity contribution in [3.63, 3.8) is 0 Å². The van der Waals surface area contributed by atoms with Gasteiger partial charge in [-0.3, -0.25) is 19.9 Å². The zero-order valence-electron chi connectivity index (χ0n) is 36.2. The second-order valence-electron chi connectivity index (χ2n) is 17.5. The van der Waals surface area contributed by atoms with E-state index in [1.165, 1.54) is 43.4 Å². The lowest BCUT2D eigenvalue weighted by Crippen LogP contribution is -2.13. The number of benzene rings is 8. The van der Waals surface area contributed by atoms with E-state index >= 15 is 0 Å². The number of hydrogen-bond acceptors (Lipinski definition) is 6. The summed E-state index contributed by atoms with van der Waals surface area (Å²) in [4.78, 5) is 24.1. The van der Waals surface area contributed by atoms with Crippen molar-refractivity contribution in [2.75, 3.05) is 9.80 Å². The molecule has 0 atom stereocenters. The molecule has 12 aromatic rings. The highest BCUT2D eigenvalue weighted by Gasteiger charge is 2.26. The highest BCUT2D eigenvalue weighted by molar-refractivity contribution is 6.29. The van der Waals surface area contributed by atoms with E-state index < -0.39 is 0 Å². The van der Waals surface area contributed by atoms with Gasteiger partial charge in [-0.1, -0.05) is 100 Å². The highest BCUT2D eigenvalue weighted by atomic mass is 15.2. The molecule has 64 heavy (non-hydrogen) atoms. The Hall–Kier alpha value is -7.96. The average molecular weight is 825 g/mol. The first-order valence-corrected chi connectivity index (χ1v) is 22.2. The summed E-state index contributed by atoms with van der Waals surface area (Å²) in [6, 6.07) is 57.3. The lowest BCUT2D eigenvalue weighted by atomic mass is 9.84. The maximum atomic E-state index is 4.82. The molecule has 0 saturated heterocycles. The molecule has 0 bridgehead atoms. The average Bonchev–Trinajstić information content (AvgIpc) is 3.33. The van der Waals surface area contributed by atoms with Gasteiger partial charge >= 0.3 is 0 Å². The molecule has 0 fully saturated rings. The predicted molar refractivity (Wildman–Crippen MR) is 269 cm³/mol. The Bertz CT molecular complexity index is 3370. The van der Waals surface area contributed by atoms with Crippen molar-refractivity contribution in [3.05, 3.63) is 194 Å². The van der Waals surface area contributed by atoms with Crippen molar-refractivity contribution < 1.29 is 0 Å².